The van der Waals surface area contributed by atoms with Crippen LogP contribution in [-0.2, 0) is 22.4 Å². The van der Waals surface area contributed by atoms with Crippen LogP contribution in [0.1, 0.15) is 35.7 Å². The minimum absolute atomic E-state index is 0. The number of para-hydroxylation sites is 1. The summed E-state index contributed by atoms with van der Waals surface area (Å²) < 4.78 is 0. The highest BCUT2D eigenvalue weighted by molar-refractivity contribution is 5.91. The van der Waals surface area contributed by atoms with E-state index in [1.807, 2.05) is 79.0 Å². The van der Waals surface area contributed by atoms with Gasteiger partial charge in [0, 0.05) is 42.0 Å². The van der Waals surface area contributed by atoms with Gasteiger partial charge >= 0.3 is 0 Å². The third-order valence-corrected chi connectivity index (χ3v) is 6.93. The molecule has 38 heavy (non-hydrogen) atoms. The Hall–Kier alpha value is -3.39. The van der Waals surface area contributed by atoms with Gasteiger partial charge in [-0.25, -0.2) is 0 Å². The zero-order valence-electron chi connectivity index (χ0n) is 21.0. The van der Waals surface area contributed by atoms with Crippen molar-refractivity contribution in [3.8, 4) is 0 Å². The first-order valence-electron chi connectivity index (χ1n) is 12.5. The summed E-state index contributed by atoms with van der Waals surface area (Å²) >= 11 is 0. The number of aromatic amines is 1. The third kappa shape index (κ3) is 6.54. The summed E-state index contributed by atoms with van der Waals surface area (Å²) in [4.78, 5) is 36.2. The first kappa shape index (κ1) is 29.2. The van der Waals surface area contributed by atoms with Crippen molar-refractivity contribution in [1.82, 2.24) is 20.2 Å². The van der Waals surface area contributed by atoms with E-state index in [0.717, 1.165) is 34.1 Å². The summed E-state index contributed by atoms with van der Waals surface area (Å²) in [5, 5.41) is 4.27. The topological polar surface area (TPSA) is 104 Å². The normalized spacial score (nSPS) is 16.2. The Balaban J connectivity index is 0.00000200. The van der Waals surface area contributed by atoms with Gasteiger partial charge in [0.05, 0.1) is 12.1 Å². The van der Waals surface area contributed by atoms with Crippen molar-refractivity contribution < 1.29 is 9.59 Å². The van der Waals surface area contributed by atoms with Gasteiger partial charge in [0.25, 0.3) is 0 Å². The Morgan fingerprint density at radius 1 is 1.00 bits per heavy atom. The molecule has 0 bridgehead atoms. The summed E-state index contributed by atoms with van der Waals surface area (Å²) in [6.45, 7) is 0.536. The molecule has 2 unspecified atom stereocenters. The quantitative estimate of drug-likeness (QED) is 0.301. The van der Waals surface area contributed by atoms with Gasteiger partial charge in [-0.1, -0.05) is 54.6 Å². The zero-order chi connectivity index (χ0) is 24.9. The molecule has 1 aliphatic rings. The van der Waals surface area contributed by atoms with Gasteiger partial charge in [0.1, 0.15) is 6.04 Å². The van der Waals surface area contributed by atoms with Crippen LogP contribution in [0.2, 0.25) is 0 Å². The first-order valence-corrected chi connectivity index (χ1v) is 12.5. The van der Waals surface area contributed by atoms with Crippen LogP contribution in [0.5, 0.6) is 0 Å². The van der Waals surface area contributed by atoms with E-state index in [9.17, 15) is 9.59 Å². The van der Waals surface area contributed by atoms with Crippen molar-refractivity contribution in [2.24, 2.45) is 5.73 Å². The molecule has 1 fully saturated rings. The standard InChI is InChI=1S/C29H31N5O2.2ClH/c30-24(17-21-19-32-25-13-5-4-12-23(21)25)29(36)34-16-8-14-27(34)28(35)33-26(20-9-2-1-3-10-20)18-22-11-6-7-15-31-22;;/h1-7,9-13,15,19,24,26-27,32H,8,14,16-18,30H2,(H,33,35);2*1H/t24?,26?,27-;;/m0../s1. The molecule has 4 N–H and O–H groups in total. The number of amides is 2. The summed E-state index contributed by atoms with van der Waals surface area (Å²) in [6, 6.07) is 22.1. The number of rotatable bonds is 8. The van der Waals surface area contributed by atoms with Crippen LogP contribution in [0.4, 0.5) is 0 Å². The number of pyridine rings is 1. The van der Waals surface area contributed by atoms with E-state index < -0.39 is 12.1 Å². The van der Waals surface area contributed by atoms with Gasteiger partial charge in [-0.2, -0.15) is 0 Å². The van der Waals surface area contributed by atoms with Crippen LogP contribution in [-0.4, -0.2) is 45.3 Å². The number of carbonyl (C=O) groups is 2. The Kier molecular flexibility index (Phi) is 10.3. The van der Waals surface area contributed by atoms with Crippen molar-refractivity contribution in [3.05, 3.63) is 102 Å². The summed E-state index contributed by atoms with van der Waals surface area (Å²) in [6.07, 6.45) is 6.05. The fourth-order valence-corrected chi connectivity index (χ4v) is 5.07. The number of nitrogens with zero attached hydrogens (tertiary/aromatic N) is 2. The zero-order valence-corrected chi connectivity index (χ0v) is 22.6. The second kappa shape index (κ2) is 13.4. The van der Waals surface area contributed by atoms with Crippen molar-refractivity contribution in [2.45, 2.75) is 43.8 Å². The fourth-order valence-electron chi connectivity index (χ4n) is 5.07. The smallest absolute Gasteiger partial charge is 0.243 e. The average Bonchev–Trinajstić information content (AvgIpc) is 3.57. The molecule has 3 atom stereocenters. The minimum atomic E-state index is -0.712. The fraction of sp³-hybridized carbons (Fsp3) is 0.276. The molecular weight excluding hydrogens is 521 g/mol. The maximum Gasteiger partial charge on any atom is 0.243 e. The highest BCUT2D eigenvalue weighted by atomic mass is 35.5. The number of likely N-dealkylation sites (tertiary alicyclic amines) is 1. The maximum absolute atomic E-state index is 13.5. The lowest BCUT2D eigenvalue weighted by atomic mass is 10.0. The van der Waals surface area contributed by atoms with Crippen molar-refractivity contribution in [1.29, 1.82) is 0 Å². The van der Waals surface area contributed by atoms with E-state index in [0.29, 0.717) is 25.8 Å². The molecular formula is C29H33Cl2N5O2. The van der Waals surface area contributed by atoms with Crippen molar-refractivity contribution in [2.75, 3.05) is 6.54 Å². The second-order valence-electron chi connectivity index (χ2n) is 9.36. The van der Waals surface area contributed by atoms with E-state index >= 15 is 0 Å². The number of H-pyrrole nitrogens is 1. The summed E-state index contributed by atoms with van der Waals surface area (Å²) in [7, 11) is 0. The van der Waals surface area contributed by atoms with Gasteiger partial charge in [0.2, 0.25) is 11.8 Å². The molecule has 0 saturated carbocycles. The third-order valence-electron chi connectivity index (χ3n) is 6.93. The minimum Gasteiger partial charge on any atom is -0.361 e. The van der Waals surface area contributed by atoms with Crippen LogP contribution in [0, 0.1) is 0 Å². The van der Waals surface area contributed by atoms with Crippen LogP contribution in [0.3, 0.4) is 0 Å². The number of aromatic nitrogens is 2. The molecule has 0 aliphatic carbocycles. The van der Waals surface area contributed by atoms with E-state index in [1.54, 1.807) is 11.1 Å². The van der Waals surface area contributed by atoms with Gasteiger partial charge in [-0.3, -0.25) is 14.6 Å². The second-order valence-corrected chi connectivity index (χ2v) is 9.36. The Labute approximate surface area is 235 Å². The number of halogens is 2. The van der Waals surface area contributed by atoms with Crippen LogP contribution >= 0.6 is 24.8 Å². The number of hydrogen-bond acceptors (Lipinski definition) is 4. The highest BCUT2D eigenvalue weighted by Gasteiger charge is 2.37. The molecule has 2 aromatic carbocycles. The predicted octanol–water partition coefficient (Wildman–Crippen LogP) is 4.37. The molecule has 3 heterocycles. The molecule has 1 aliphatic heterocycles. The van der Waals surface area contributed by atoms with Gasteiger partial charge in [-0.15, -0.1) is 24.8 Å². The lowest BCUT2D eigenvalue weighted by Crippen LogP contribution is -2.52. The number of hydrogen-bond donors (Lipinski definition) is 3. The number of nitrogens with one attached hydrogen (secondary N) is 2. The molecule has 5 rings (SSSR count). The van der Waals surface area contributed by atoms with Crippen LogP contribution < -0.4 is 11.1 Å². The molecule has 0 radical (unpaired) electrons. The number of benzene rings is 2. The van der Waals surface area contributed by atoms with E-state index in [-0.39, 0.29) is 42.7 Å². The molecule has 7 nitrogen and oxygen atoms in total. The van der Waals surface area contributed by atoms with Crippen LogP contribution in [0.15, 0.2) is 85.2 Å². The monoisotopic (exact) mass is 553 g/mol. The SMILES string of the molecule is Cl.Cl.NC(Cc1c[nH]c2ccccc12)C(=O)N1CCC[C@H]1C(=O)NC(Cc1ccccn1)c1ccccc1. The molecule has 2 aromatic heterocycles. The summed E-state index contributed by atoms with van der Waals surface area (Å²) in [5.74, 6) is -0.330. The average molecular weight is 555 g/mol. The molecule has 200 valence electrons. The molecule has 9 heteroatoms. The van der Waals surface area contributed by atoms with E-state index in [2.05, 4.69) is 15.3 Å². The molecule has 0 spiro atoms. The number of fused-ring (bicyclic) bond motifs is 1. The largest absolute Gasteiger partial charge is 0.361 e. The lowest BCUT2D eigenvalue weighted by molar-refractivity contribution is -0.139. The van der Waals surface area contributed by atoms with Crippen molar-refractivity contribution >= 4 is 47.5 Å². The lowest BCUT2D eigenvalue weighted by Gasteiger charge is -2.28. The van der Waals surface area contributed by atoms with Crippen LogP contribution in [0.25, 0.3) is 10.9 Å². The summed E-state index contributed by atoms with van der Waals surface area (Å²) in [5.41, 5.74) is 10.3. The van der Waals surface area contributed by atoms with Gasteiger partial charge in [-0.05, 0) is 48.6 Å². The molecule has 1 saturated heterocycles. The maximum atomic E-state index is 13.5. The Bertz CT molecular complexity index is 1330. The molecule has 4 aromatic rings. The Morgan fingerprint density at radius 3 is 2.50 bits per heavy atom. The first-order chi connectivity index (χ1) is 17.6. The number of nitrogens with two attached hydrogens (primary N) is 1. The Morgan fingerprint density at radius 2 is 1.74 bits per heavy atom. The van der Waals surface area contributed by atoms with Gasteiger partial charge < -0.3 is 20.9 Å². The van der Waals surface area contributed by atoms with Gasteiger partial charge in [0.15, 0.2) is 0 Å². The molecule has 2 amide bonds. The van der Waals surface area contributed by atoms with E-state index in [1.165, 1.54) is 0 Å². The predicted molar refractivity (Wildman–Crippen MR) is 154 cm³/mol. The number of carbonyl (C=O) groups excluding carboxylic acids is 2. The van der Waals surface area contributed by atoms with E-state index in [4.69, 9.17) is 5.73 Å². The highest BCUT2D eigenvalue weighted by Crippen LogP contribution is 2.24. The van der Waals surface area contributed by atoms with Crippen molar-refractivity contribution in [3.63, 3.8) is 0 Å².